The first-order chi connectivity index (χ1) is 15.0. The summed E-state index contributed by atoms with van der Waals surface area (Å²) in [6.45, 7) is 4.41. The summed E-state index contributed by atoms with van der Waals surface area (Å²) in [5, 5.41) is 7.74. The molecular weight excluding hydrogens is 384 g/mol. The third kappa shape index (κ3) is 3.69. The molecule has 5 rings (SSSR count). The van der Waals surface area contributed by atoms with Crippen molar-refractivity contribution in [1.82, 2.24) is 15.1 Å². The van der Waals surface area contributed by atoms with E-state index in [1.165, 1.54) is 24.8 Å². The van der Waals surface area contributed by atoms with Gasteiger partial charge in [-0.25, -0.2) is 4.68 Å². The molecule has 0 radical (unpaired) electrons. The molecule has 2 aromatic carbocycles. The lowest BCUT2D eigenvalue weighted by molar-refractivity contribution is 0.0927. The van der Waals surface area contributed by atoms with E-state index < -0.39 is 0 Å². The average Bonchev–Trinajstić information content (AvgIpc) is 3.37. The van der Waals surface area contributed by atoms with Crippen LogP contribution in [0.1, 0.15) is 67.4 Å². The zero-order valence-corrected chi connectivity index (χ0v) is 18.1. The van der Waals surface area contributed by atoms with E-state index in [0.717, 1.165) is 35.5 Å². The minimum Gasteiger partial charge on any atom is -0.349 e. The largest absolute Gasteiger partial charge is 0.349 e. The van der Waals surface area contributed by atoms with Crippen molar-refractivity contribution in [3.63, 3.8) is 0 Å². The fraction of sp³-hybridized carbons (Fsp3) is 0.346. The Hall–Kier alpha value is -3.21. The molecule has 0 unspecified atom stereocenters. The molecular formula is C26H28N4O. The quantitative estimate of drug-likeness (QED) is 0.628. The van der Waals surface area contributed by atoms with Crippen LogP contribution in [0.3, 0.4) is 0 Å². The zero-order valence-electron chi connectivity index (χ0n) is 18.1. The first kappa shape index (κ1) is 19.7. The summed E-state index contributed by atoms with van der Waals surface area (Å²) < 4.78 is 1.85. The molecule has 1 aliphatic heterocycles. The van der Waals surface area contributed by atoms with Crippen LogP contribution in [0.2, 0.25) is 0 Å². The van der Waals surface area contributed by atoms with Crippen LogP contribution in [0, 0.1) is 0 Å². The Labute approximate surface area is 183 Å². The number of aromatic nitrogens is 2. The van der Waals surface area contributed by atoms with Gasteiger partial charge in [0.1, 0.15) is 0 Å². The number of fused-ring (bicyclic) bond motifs is 1. The number of nitrogens with one attached hydrogen (secondary N) is 1. The predicted octanol–water partition coefficient (Wildman–Crippen LogP) is 5.35. The first-order valence-electron chi connectivity index (χ1n) is 11.2. The molecule has 1 aliphatic carbocycles. The Kier molecular flexibility index (Phi) is 4.97. The van der Waals surface area contributed by atoms with Gasteiger partial charge < -0.3 is 5.32 Å². The van der Waals surface area contributed by atoms with Crippen molar-refractivity contribution in [2.75, 3.05) is 0 Å². The highest BCUT2D eigenvalue weighted by Gasteiger charge is 2.36. The fourth-order valence-electron chi connectivity index (χ4n) is 4.78. The van der Waals surface area contributed by atoms with Gasteiger partial charge in [0.05, 0.1) is 23.3 Å². The smallest absolute Gasteiger partial charge is 0.251 e. The number of nitrogens with zero attached hydrogens (tertiary/aromatic N) is 3. The third-order valence-electron chi connectivity index (χ3n) is 6.59. The number of hydrogen-bond donors (Lipinski definition) is 1. The minimum atomic E-state index is -0.161. The second kappa shape index (κ2) is 7.80. The van der Waals surface area contributed by atoms with E-state index in [9.17, 15) is 4.79 Å². The van der Waals surface area contributed by atoms with Gasteiger partial charge in [0.25, 0.3) is 5.91 Å². The van der Waals surface area contributed by atoms with Gasteiger partial charge in [-0.2, -0.15) is 5.10 Å². The second-order valence-corrected chi connectivity index (χ2v) is 9.13. The standard InChI is InChI=1S/C26H28N4O/c1-26(2)22-10-6-7-11-23(22)29-24(26)19-16-27-30(17-19)21-14-12-18(13-15-21)25(31)28-20-8-4-3-5-9-20/h6-7,10-17,20H,3-5,8-9H2,1-2H3,(H,28,31). The molecule has 5 nitrogen and oxygen atoms in total. The summed E-state index contributed by atoms with van der Waals surface area (Å²) in [6.07, 6.45) is 9.76. The minimum absolute atomic E-state index is 0.0134. The summed E-state index contributed by atoms with van der Waals surface area (Å²) in [5.74, 6) is 0.0134. The molecule has 0 saturated heterocycles. The Morgan fingerprint density at radius 3 is 2.52 bits per heavy atom. The Morgan fingerprint density at radius 1 is 1.03 bits per heavy atom. The van der Waals surface area contributed by atoms with Crippen LogP contribution < -0.4 is 5.32 Å². The number of hydrogen-bond acceptors (Lipinski definition) is 3. The predicted molar refractivity (Wildman–Crippen MR) is 124 cm³/mol. The molecule has 0 spiro atoms. The van der Waals surface area contributed by atoms with Gasteiger partial charge in [-0.05, 0) is 48.7 Å². The summed E-state index contributed by atoms with van der Waals surface area (Å²) in [4.78, 5) is 17.5. The highest BCUT2D eigenvalue weighted by molar-refractivity contribution is 6.12. The van der Waals surface area contributed by atoms with Gasteiger partial charge in [-0.15, -0.1) is 0 Å². The van der Waals surface area contributed by atoms with E-state index in [-0.39, 0.29) is 11.3 Å². The van der Waals surface area contributed by atoms with Crippen molar-refractivity contribution in [3.05, 3.63) is 77.6 Å². The van der Waals surface area contributed by atoms with Crippen LogP contribution in [-0.2, 0) is 5.41 Å². The fourth-order valence-corrected chi connectivity index (χ4v) is 4.78. The number of benzene rings is 2. The van der Waals surface area contributed by atoms with E-state index in [4.69, 9.17) is 4.99 Å². The molecule has 5 heteroatoms. The first-order valence-corrected chi connectivity index (χ1v) is 11.2. The van der Waals surface area contributed by atoms with Crippen molar-refractivity contribution in [2.45, 2.75) is 57.4 Å². The van der Waals surface area contributed by atoms with Crippen LogP contribution in [0.5, 0.6) is 0 Å². The lowest BCUT2D eigenvalue weighted by atomic mass is 9.80. The lowest BCUT2D eigenvalue weighted by Crippen LogP contribution is -2.36. The molecule has 3 aromatic rings. The van der Waals surface area contributed by atoms with Gasteiger partial charge in [0.2, 0.25) is 0 Å². The van der Waals surface area contributed by atoms with Gasteiger partial charge in [0.15, 0.2) is 0 Å². The van der Waals surface area contributed by atoms with Crippen molar-refractivity contribution in [3.8, 4) is 5.69 Å². The summed E-state index contributed by atoms with van der Waals surface area (Å²) in [5.41, 5.74) is 5.78. The SMILES string of the molecule is CC1(C)C(c2cnn(-c3ccc(C(=O)NC4CCCCC4)cc3)c2)=Nc2ccccc21. The number of amides is 1. The van der Waals surface area contributed by atoms with Crippen LogP contribution in [-0.4, -0.2) is 27.4 Å². The molecule has 1 saturated carbocycles. The van der Waals surface area contributed by atoms with Crippen LogP contribution >= 0.6 is 0 Å². The molecule has 2 heterocycles. The molecule has 0 atom stereocenters. The van der Waals surface area contributed by atoms with Crippen LogP contribution in [0.4, 0.5) is 5.69 Å². The van der Waals surface area contributed by atoms with Crippen molar-refractivity contribution in [2.24, 2.45) is 4.99 Å². The lowest BCUT2D eigenvalue weighted by Gasteiger charge is -2.22. The molecule has 2 aliphatic rings. The third-order valence-corrected chi connectivity index (χ3v) is 6.59. The van der Waals surface area contributed by atoms with Gasteiger partial charge >= 0.3 is 0 Å². The van der Waals surface area contributed by atoms with Gasteiger partial charge in [-0.1, -0.05) is 51.3 Å². The highest BCUT2D eigenvalue weighted by Crippen LogP contribution is 2.41. The maximum Gasteiger partial charge on any atom is 0.251 e. The molecule has 1 fully saturated rings. The summed E-state index contributed by atoms with van der Waals surface area (Å²) in [7, 11) is 0. The van der Waals surface area contributed by atoms with Crippen molar-refractivity contribution < 1.29 is 4.79 Å². The van der Waals surface area contributed by atoms with E-state index in [2.05, 4.69) is 42.5 Å². The van der Waals surface area contributed by atoms with E-state index in [0.29, 0.717) is 11.6 Å². The Morgan fingerprint density at radius 2 is 1.77 bits per heavy atom. The maximum atomic E-state index is 12.6. The van der Waals surface area contributed by atoms with Gasteiger partial charge in [-0.3, -0.25) is 9.79 Å². The van der Waals surface area contributed by atoms with Crippen LogP contribution in [0.25, 0.3) is 5.69 Å². The van der Waals surface area contributed by atoms with Gasteiger partial charge in [0, 0.05) is 28.8 Å². The summed E-state index contributed by atoms with van der Waals surface area (Å²) >= 11 is 0. The summed E-state index contributed by atoms with van der Waals surface area (Å²) in [6, 6.07) is 16.3. The van der Waals surface area contributed by atoms with E-state index >= 15 is 0 Å². The normalized spacial score (nSPS) is 17.8. The number of rotatable bonds is 4. The molecule has 1 aromatic heterocycles. The second-order valence-electron chi connectivity index (χ2n) is 9.13. The van der Waals surface area contributed by atoms with Crippen molar-refractivity contribution in [1.29, 1.82) is 0 Å². The number of carbonyl (C=O) groups is 1. The molecule has 1 amide bonds. The van der Waals surface area contributed by atoms with E-state index in [1.54, 1.807) is 0 Å². The molecule has 0 bridgehead atoms. The van der Waals surface area contributed by atoms with E-state index in [1.807, 2.05) is 47.4 Å². The molecule has 1 N–H and O–H groups in total. The van der Waals surface area contributed by atoms with Crippen molar-refractivity contribution >= 4 is 17.3 Å². The monoisotopic (exact) mass is 412 g/mol. The highest BCUT2D eigenvalue weighted by atomic mass is 16.1. The zero-order chi connectivity index (χ0) is 21.4. The Bertz CT molecular complexity index is 1130. The Balaban J connectivity index is 1.33. The topological polar surface area (TPSA) is 59.3 Å². The maximum absolute atomic E-state index is 12.6. The molecule has 158 valence electrons. The average molecular weight is 413 g/mol. The van der Waals surface area contributed by atoms with Crippen LogP contribution in [0.15, 0.2) is 65.9 Å². The number of para-hydroxylation sites is 1. The molecule has 31 heavy (non-hydrogen) atoms. The number of aliphatic imine (C=N–C) groups is 1. The number of carbonyl (C=O) groups excluding carboxylic acids is 1.